The fourth-order valence-corrected chi connectivity index (χ4v) is 6.07. The summed E-state index contributed by atoms with van der Waals surface area (Å²) < 4.78 is 30.6. The van der Waals surface area contributed by atoms with Gasteiger partial charge in [-0.05, 0) is 47.6 Å². The molecule has 1 spiro atoms. The summed E-state index contributed by atoms with van der Waals surface area (Å²) in [4.78, 5) is 27.6. The van der Waals surface area contributed by atoms with Gasteiger partial charge in [0.2, 0.25) is 11.8 Å². The molecule has 2 aromatic rings. The molecule has 2 aliphatic heterocycles. The van der Waals surface area contributed by atoms with E-state index in [0.29, 0.717) is 12.1 Å². The zero-order chi connectivity index (χ0) is 28.0. The topological polar surface area (TPSA) is 111 Å². The molecule has 0 unspecified atom stereocenters. The molecule has 5 N–H and O–H groups in total. The van der Waals surface area contributed by atoms with E-state index in [1.807, 2.05) is 20.8 Å². The van der Waals surface area contributed by atoms with Crippen molar-refractivity contribution < 1.29 is 28.6 Å². The molecule has 0 radical (unpaired) electrons. The van der Waals surface area contributed by atoms with Crippen LogP contribution >= 0.6 is 35.6 Å². The van der Waals surface area contributed by atoms with Crippen LogP contribution in [0.3, 0.4) is 0 Å². The van der Waals surface area contributed by atoms with E-state index in [0.717, 1.165) is 0 Å². The Morgan fingerprint density at radius 3 is 2.54 bits per heavy atom. The first-order chi connectivity index (χ1) is 17.8. The minimum Gasteiger partial charge on any atom is -0.394 e. The molecular formula is C27H32Cl3F2N3O4. The fourth-order valence-electron chi connectivity index (χ4n) is 5.73. The summed E-state index contributed by atoms with van der Waals surface area (Å²) >= 11 is 12.2. The smallest absolute Gasteiger partial charge is 0.237 e. The number of carbonyl (C=O) groups is 2. The van der Waals surface area contributed by atoms with Crippen LogP contribution in [0.25, 0.3) is 0 Å². The number of benzene rings is 2. The van der Waals surface area contributed by atoms with E-state index in [-0.39, 0.29) is 52.0 Å². The van der Waals surface area contributed by atoms with Crippen LogP contribution in [0.1, 0.15) is 50.7 Å². The van der Waals surface area contributed by atoms with Crippen molar-refractivity contribution in [1.29, 1.82) is 0 Å². The van der Waals surface area contributed by atoms with E-state index in [1.165, 1.54) is 30.3 Å². The number of hydrogen-bond donors (Lipinski definition) is 5. The zero-order valence-electron chi connectivity index (χ0n) is 21.7. The summed E-state index contributed by atoms with van der Waals surface area (Å²) in [5.41, 5.74) is -1.31. The normalized spacial score (nSPS) is 24.7. The summed E-state index contributed by atoms with van der Waals surface area (Å²) in [5.74, 6) is -3.68. The maximum Gasteiger partial charge on any atom is 0.237 e. The van der Waals surface area contributed by atoms with Gasteiger partial charge in [-0.3, -0.25) is 9.59 Å². The van der Waals surface area contributed by atoms with Gasteiger partial charge in [-0.15, -0.1) is 12.4 Å². The molecule has 12 heteroatoms. The molecule has 2 amide bonds. The summed E-state index contributed by atoms with van der Waals surface area (Å²) in [7, 11) is 0. The van der Waals surface area contributed by atoms with Gasteiger partial charge in [0.25, 0.3) is 0 Å². The van der Waals surface area contributed by atoms with E-state index in [9.17, 15) is 19.1 Å². The lowest BCUT2D eigenvalue weighted by Gasteiger charge is -2.37. The van der Waals surface area contributed by atoms with Gasteiger partial charge >= 0.3 is 0 Å². The Kier molecular flexibility index (Phi) is 9.57. The van der Waals surface area contributed by atoms with E-state index in [2.05, 4.69) is 16.0 Å². The van der Waals surface area contributed by atoms with Gasteiger partial charge in [-0.2, -0.15) is 0 Å². The molecule has 0 saturated carbocycles. The molecule has 2 aliphatic rings. The standard InChI is InChI=1S/C27H31Cl2F2N3O4.ClH/c1-26(2,3)11-20-27(15-9-18(30)17(29)10-19(15)33-25(27)38)21(14-5-4-6-16(28)22(14)31)23(34-20)24(37)32-8-7-13(36)12-35;/h4-6,9-10,13,20-21,23,34-36H,7-8,11-12H2,1-3H3,(H,32,37)(H,33,38);1H/t13-,20+,21-,23+,27-;/m0./s1. The second kappa shape index (κ2) is 11.8. The summed E-state index contributed by atoms with van der Waals surface area (Å²) in [5, 5.41) is 27.2. The lowest BCUT2D eigenvalue weighted by molar-refractivity contribution is -0.124. The van der Waals surface area contributed by atoms with Crippen LogP contribution in [0, 0.1) is 17.0 Å². The molecule has 0 aliphatic carbocycles. The third kappa shape index (κ3) is 5.76. The zero-order valence-corrected chi connectivity index (χ0v) is 24.0. The number of fused-ring (bicyclic) bond motifs is 2. The van der Waals surface area contributed by atoms with Crippen molar-refractivity contribution in [2.75, 3.05) is 18.5 Å². The predicted molar refractivity (Wildman–Crippen MR) is 149 cm³/mol. The Morgan fingerprint density at radius 2 is 1.90 bits per heavy atom. The third-order valence-electron chi connectivity index (χ3n) is 7.29. The molecule has 7 nitrogen and oxygen atoms in total. The molecule has 2 aromatic carbocycles. The Labute approximate surface area is 242 Å². The second-order valence-electron chi connectivity index (χ2n) is 11.1. The minimum atomic E-state index is -1.58. The highest BCUT2D eigenvalue weighted by Crippen LogP contribution is 2.57. The van der Waals surface area contributed by atoms with Crippen LogP contribution in [0.5, 0.6) is 0 Å². The quantitative estimate of drug-likeness (QED) is 0.323. The molecule has 214 valence electrons. The Hall–Kier alpha value is -2.01. The van der Waals surface area contributed by atoms with E-state index >= 15 is 4.39 Å². The minimum absolute atomic E-state index is 0. The number of rotatable bonds is 7. The average Bonchev–Trinajstić information content (AvgIpc) is 3.30. The number of halogens is 5. The van der Waals surface area contributed by atoms with Gasteiger partial charge < -0.3 is 26.2 Å². The second-order valence-corrected chi connectivity index (χ2v) is 11.9. The summed E-state index contributed by atoms with van der Waals surface area (Å²) in [6.45, 7) is 5.48. The van der Waals surface area contributed by atoms with Crippen molar-refractivity contribution in [3.8, 4) is 0 Å². The lowest BCUT2D eigenvalue weighted by Crippen LogP contribution is -2.49. The average molecular weight is 607 g/mol. The van der Waals surface area contributed by atoms with Crippen LogP contribution in [-0.2, 0) is 15.0 Å². The maximum absolute atomic E-state index is 15.7. The highest BCUT2D eigenvalue weighted by molar-refractivity contribution is 6.31. The molecular weight excluding hydrogens is 575 g/mol. The molecule has 2 heterocycles. The monoisotopic (exact) mass is 605 g/mol. The molecule has 4 rings (SSSR count). The number of aliphatic hydroxyl groups excluding tert-OH is 2. The van der Waals surface area contributed by atoms with Crippen LogP contribution in [0.15, 0.2) is 30.3 Å². The number of nitrogens with one attached hydrogen (secondary N) is 3. The molecule has 0 aromatic heterocycles. The largest absolute Gasteiger partial charge is 0.394 e. The van der Waals surface area contributed by atoms with Crippen LogP contribution < -0.4 is 16.0 Å². The number of aliphatic hydroxyl groups is 2. The maximum atomic E-state index is 15.7. The fraction of sp³-hybridized carbons (Fsp3) is 0.481. The van der Waals surface area contributed by atoms with Crippen LogP contribution in [-0.4, -0.2) is 53.4 Å². The van der Waals surface area contributed by atoms with Gasteiger partial charge in [-0.25, -0.2) is 8.78 Å². The van der Waals surface area contributed by atoms with E-state index in [1.54, 1.807) is 0 Å². The van der Waals surface area contributed by atoms with Gasteiger partial charge in [0.1, 0.15) is 17.0 Å². The van der Waals surface area contributed by atoms with E-state index in [4.69, 9.17) is 28.3 Å². The highest BCUT2D eigenvalue weighted by Gasteiger charge is 2.66. The van der Waals surface area contributed by atoms with E-state index < -0.39 is 59.6 Å². The number of hydrogen-bond acceptors (Lipinski definition) is 5. The van der Waals surface area contributed by atoms with Crippen molar-refractivity contribution in [1.82, 2.24) is 10.6 Å². The van der Waals surface area contributed by atoms with Gasteiger partial charge in [-0.1, -0.05) is 56.1 Å². The molecule has 1 saturated heterocycles. The van der Waals surface area contributed by atoms with Crippen molar-refractivity contribution in [2.24, 2.45) is 5.41 Å². The SMILES string of the molecule is CC(C)(C)C[C@H]1N[C@@H](C(=O)NCC[C@H](O)CO)[C@H](c2cccc(Cl)c2F)[C@@]12C(=O)Nc1cc(Cl)c(F)cc12.Cl. The highest BCUT2D eigenvalue weighted by atomic mass is 35.5. The Bertz CT molecular complexity index is 1260. The molecule has 0 bridgehead atoms. The van der Waals surface area contributed by atoms with Crippen molar-refractivity contribution in [2.45, 2.75) is 63.1 Å². The molecule has 1 fully saturated rings. The van der Waals surface area contributed by atoms with Crippen molar-refractivity contribution in [3.05, 3.63) is 63.1 Å². The van der Waals surface area contributed by atoms with Crippen molar-refractivity contribution in [3.63, 3.8) is 0 Å². The summed E-state index contributed by atoms with van der Waals surface area (Å²) in [6, 6.07) is 5.07. The Balaban J connectivity index is 0.00000420. The van der Waals surface area contributed by atoms with Gasteiger partial charge in [0, 0.05) is 24.2 Å². The van der Waals surface area contributed by atoms with Crippen LogP contribution in [0.2, 0.25) is 10.0 Å². The Morgan fingerprint density at radius 1 is 1.21 bits per heavy atom. The van der Waals surface area contributed by atoms with Gasteiger partial charge in [0.05, 0.1) is 28.8 Å². The first kappa shape index (κ1) is 31.5. The van der Waals surface area contributed by atoms with Gasteiger partial charge in [0.15, 0.2) is 0 Å². The summed E-state index contributed by atoms with van der Waals surface area (Å²) in [6.07, 6.45) is -0.543. The lowest BCUT2D eigenvalue weighted by atomic mass is 9.62. The van der Waals surface area contributed by atoms with Crippen LogP contribution in [0.4, 0.5) is 14.5 Å². The number of amides is 2. The third-order valence-corrected chi connectivity index (χ3v) is 7.87. The number of carbonyl (C=O) groups excluding carboxylic acids is 2. The first-order valence-corrected chi connectivity index (χ1v) is 13.1. The predicted octanol–water partition coefficient (Wildman–Crippen LogP) is 4.30. The first-order valence-electron chi connectivity index (χ1n) is 12.4. The van der Waals surface area contributed by atoms with Crippen molar-refractivity contribution >= 4 is 53.1 Å². The molecule has 39 heavy (non-hydrogen) atoms. The molecule has 5 atom stereocenters. The number of anilines is 1.